The highest BCUT2D eigenvalue weighted by Gasteiger charge is 2.23. The quantitative estimate of drug-likeness (QED) is 0.848. The third-order valence-electron chi connectivity index (χ3n) is 5.11. The van der Waals surface area contributed by atoms with Gasteiger partial charge in [-0.1, -0.05) is 12.1 Å². The Morgan fingerprint density at radius 3 is 2.52 bits per heavy atom. The Bertz CT molecular complexity index is 835. The fourth-order valence-electron chi connectivity index (χ4n) is 3.41. The van der Waals surface area contributed by atoms with E-state index in [1.165, 1.54) is 16.8 Å². The van der Waals surface area contributed by atoms with Gasteiger partial charge in [0.15, 0.2) is 11.5 Å². The van der Waals surface area contributed by atoms with E-state index < -0.39 is 0 Å². The fourth-order valence-corrected chi connectivity index (χ4v) is 3.41. The molecule has 0 aromatic heterocycles. The highest BCUT2D eigenvalue weighted by molar-refractivity contribution is 5.90. The van der Waals surface area contributed by atoms with Crippen molar-refractivity contribution in [1.29, 1.82) is 0 Å². The molecule has 144 valence electrons. The number of halogens is 1. The number of rotatable bonds is 2. The lowest BCUT2D eigenvalue weighted by atomic mass is 10.1. The maximum absolute atomic E-state index is 12.6. The molecule has 2 aliphatic heterocycles. The van der Waals surface area contributed by atoms with E-state index in [-0.39, 0.29) is 25.2 Å². The molecule has 1 saturated heterocycles. The maximum Gasteiger partial charge on any atom is 0.321 e. The van der Waals surface area contributed by atoms with Crippen LogP contribution in [0, 0.1) is 13.8 Å². The van der Waals surface area contributed by atoms with Crippen LogP contribution in [0.25, 0.3) is 0 Å². The smallest absolute Gasteiger partial charge is 0.321 e. The second-order valence-corrected chi connectivity index (χ2v) is 6.69. The first kappa shape index (κ1) is 19.2. The molecule has 2 aromatic carbocycles. The predicted molar refractivity (Wildman–Crippen MR) is 109 cm³/mol. The summed E-state index contributed by atoms with van der Waals surface area (Å²) in [6, 6.07) is 11.7. The minimum absolute atomic E-state index is 0. The summed E-state index contributed by atoms with van der Waals surface area (Å²) in [6.07, 6.45) is 0. The van der Waals surface area contributed by atoms with E-state index >= 15 is 0 Å². The molecule has 1 N–H and O–H groups in total. The minimum atomic E-state index is -0.0792. The van der Waals surface area contributed by atoms with Gasteiger partial charge in [-0.3, -0.25) is 0 Å². The van der Waals surface area contributed by atoms with Gasteiger partial charge in [-0.2, -0.15) is 0 Å². The third-order valence-corrected chi connectivity index (χ3v) is 5.11. The second kappa shape index (κ2) is 7.96. The molecule has 0 aliphatic carbocycles. The summed E-state index contributed by atoms with van der Waals surface area (Å²) in [5, 5.41) is 2.95. The molecule has 2 aromatic rings. The standard InChI is InChI=1S/C20H23N3O3.ClH/c1-14-4-3-5-17(15(14)2)22-8-10-23(11-9-22)20(24)21-16-6-7-18-19(12-16)26-13-25-18;/h3-7,12H,8-11,13H2,1-2H3,(H,21,24);1H. The van der Waals surface area contributed by atoms with Crippen LogP contribution in [0.2, 0.25) is 0 Å². The van der Waals surface area contributed by atoms with Crippen molar-refractivity contribution in [3.63, 3.8) is 0 Å². The number of nitrogens with zero attached hydrogens (tertiary/aromatic N) is 2. The van der Waals surface area contributed by atoms with Crippen LogP contribution >= 0.6 is 12.4 Å². The lowest BCUT2D eigenvalue weighted by molar-refractivity contribution is 0.174. The van der Waals surface area contributed by atoms with Crippen LogP contribution in [0.1, 0.15) is 11.1 Å². The third kappa shape index (κ3) is 3.90. The zero-order valence-electron chi connectivity index (χ0n) is 15.5. The molecule has 0 atom stereocenters. The number of amides is 2. The Balaban J connectivity index is 0.00000210. The highest BCUT2D eigenvalue weighted by atomic mass is 35.5. The first-order valence-electron chi connectivity index (χ1n) is 8.88. The summed E-state index contributed by atoms with van der Waals surface area (Å²) < 4.78 is 10.7. The Hall–Kier alpha value is -2.60. The van der Waals surface area contributed by atoms with Gasteiger partial charge < -0.3 is 24.6 Å². The van der Waals surface area contributed by atoms with Gasteiger partial charge >= 0.3 is 6.03 Å². The van der Waals surface area contributed by atoms with Crippen molar-refractivity contribution in [2.75, 3.05) is 43.2 Å². The number of carbonyl (C=O) groups is 1. The SMILES string of the molecule is Cc1cccc(N2CCN(C(=O)Nc3ccc4c(c3)OCO4)CC2)c1C.Cl. The van der Waals surface area contributed by atoms with E-state index in [0.717, 1.165) is 18.8 Å². The first-order valence-corrected chi connectivity index (χ1v) is 8.88. The van der Waals surface area contributed by atoms with Gasteiger partial charge in [-0.15, -0.1) is 12.4 Å². The van der Waals surface area contributed by atoms with Crippen LogP contribution in [0.3, 0.4) is 0 Å². The largest absolute Gasteiger partial charge is 0.454 e. The van der Waals surface area contributed by atoms with Crippen molar-refractivity contribution in [1.82, 2.24) is 4.90 Å². The van der Waals surface area contributed by atoms with Crippen molar-refractivity contribution >= 4 is 29.8 Å². The van der Waals surface area contributed by atoms with Crippen LogP contribution in [-0.2, 0) is 0 Å². The van der Waals surface area contributed by atoms with E-state index in [2.05, 4.69) is 42.3 Å². The molecule has 0 unspecified atom stereocenters. The van der Waals surface area contributed by atoms with E-state index in [1.807, 2.05) is 17.0 Å². The first-order chi connectivity index (χ1) is 12.6. The Kier molecular flexibility index (Phi) is 5.65. The van der Waals surface area contributed by atoms with E-state index in [4.69, 9.17) is 9.47 Å². The van der Waals surface area contributed by atoms with Crippen molar-refractivity contribution in [2.45, 2.75) is 13.8 Å². The van der Waals surface area contributed by atoms with E-state index in [1.54, 1.807) is 6.07 Å². The number of nitrogens with one attached hydrogen (secondary N) is 1. The molecule has 7 heteroatoms. The van der Waals surface area contributed by atoms with Crippen LogP contribution in [-0.4, -0.2) is 43.9 Å². The average molecular weight is 390 g/mol. The number of benzene rings is 2. The van der Waals surface area contributed by atoms with Gasteiger partial charge in [-0.05, 0) is 43.2 Å². The van der Waals surface area contributed by atoms with Gasteiger partial charge in [-0.25, -0.2) is 4.79 Å². The lowest BCUT2D eigenvalue weighted by Crippen LogP contribution is -2.50. The van der Waals surface area contributed by atoms with E-state index in [0.29, 0.717) is 24.6 Å². The molecule has 2 aliphatic rings. The number of carbonyl (C=O) groups excluding carboxylic acids is 1. The Labute approximate surface area is 165 Å². The summed E-state index contributed by atoms with van der Waals surface area (Å²) in [7, 11) is 0. The summed E-state index contributed by atoms with van der Waals surface area (Å²) in [6.45, 7) is 7.58. The molecule has 2 heterocycles. The van der Waals surface area contributed by atoms with Gasteiger partial charge in [0.2, 0.25) is 6.79 Å². The van der Waals surface area contributed by atoms with Crippen LogP contribution in [0.5, 0.6) is 11.5 Å². The predicted octanol–water partition coefficient (Wildman–Crippen LogP) is 3.81. The molecule has 0 bridgehead atoms. The average Bonchev–Trinajstić information content (AvgIpc) is 3.12. The van der Waals surface area contributed by atoms with Gasteiger partial charge in [0.1, 0.15) is 0 Å². The summed E-state index contributed by atoms with van der Waals surface area (Å²) in [5.74, 6) is 1.38. The maximum atomic E-state index is 12.6. The van der Waals surface area contributed by atoms with Crippen LogP contribution < -0.4 is 19.7 Å². The minimum Gasteiger partial charge on any atom is -0.454 e. The molecule has 2 amide bonds. The Morgan fingerprint density at radius 2 is 1.74 bits per heavy atom. The topological polar surface area (TPSA) is 54.0 Å². The molecular weight excluding hydrogens is 366 g/mol. The zero-order valence-corrected chi connectivity index (χ0v) is 16.3. The van der Waals surface area contributed by atoms with Crippen LogP contribution in [0.15, 0.2) is 36.4 Å². The molecule has 6 nitrogen and oxygen atoms in total. The summed E-state index contributed by atoms with van der Waals surface area (Å²) >= 11 is 0. The van der Waals surface area contributed by atoms with Gasteiger partial charge in [0.25, 0.3) is 0 Å². The zero-order chi connectivity index (χ0) is 18.1. The van der Waals surface area contributed by atoms with Crippen molar-refractivity contribution in [3.8, 4) is 11.5 Å². The fraction of sp³-hybridized carbons (Fsp3) is 0.350. The van der Waals surface area contributed by atoms with Gasteiger partial charge in [0.05, 0.1) is 0 Å². The molecular formula is C20H24ClN3O3. The number of anilines is 2. The van der Waals surface area contributed by atoms with Crippen molar-refractivity contribution in [3.05, 3.63) is 47.5 Å². The van der Waals surface area contributed by atoms with E-state index in [9.17, 15) is 4.79 Å². The molecule has 0 radical (unpaired) electrons. The summed E-state index contributed by atoms with van der Waals surface area (Å²) in [5.41, 5.74) is 4.59. The second-order valence-electron chi connectivity index (χ2n) is 6.69. The summed E-state index contributed by atoms with van der Waals surface area (Å²) in [4.78, 5) is 16.8. The van der Waals surface area contributed by atoms with Gasteiger partial charge in [0, 0.05) is 43.6 Å². The Morgan fingerprint density at radius 1 is 1.00 bits per heavy atom. The number of fused-ring (bicyclic) bond motifs is 1. The number of aryl methyl sites for hydroxylation is 1. The number of hydrogen-bond donors (Lipinski definition) is 1. The number of ether oxygens (including phenoxy) is 2. The highest BCUT2D eigenvalue weighted by Crippen LogP contribution is 2.34. The molecule has 1 fully saturated rings. The molecule has 0 spiro atoms. The molecule has 27 heavy (non-hydrogen) atoms. The van der Waals surface area contributed by atoms with Crippen molar-refractivity contribution in [2.24, 2.45) is 0 Å². The van der Waals surface area contributed by atoms with Crippen molar-refractivity contribution < 1.29 is 14.3 Å². The van der Waals surface area contributed by atoms with Crippen LogP contribution in [0.4, 0.5) is 16.2 Å². The normalized spacial score (nSPS) is 15.3. The monoisotopic (exact) mass is 389 g/mol. The number of urea groups is 1. The molecule has 0 saturated carbocycles. The lowest BCUT2D eigenvalue weighted by Gasteiger charge is -2.37. The number of hydrogen-bond acceptors (Lipinski definition) is 4. The number of piperazine rings is 1. The molecule has 4 rings (SSSR count).